The van der Waals surface area contributed by atoms with Crippen LogP contribution in [-0.2, 0) is 6.42 Å². The Labute approximate surface area is 158 Å². The van der Waals surface area contributed by atoms with Crippen molar-refractivity contribution >= 4 is 0 Å². The van der Waals surface area contributed by atoms with Crippen LogP contribution in [0.4, 0.5) is 0 Å². The molecule has 0 aliphatic heterocycles. The van der Waals surface area contributed by atoms with Gasteiger partial charge in [-0.05, 0) is 91.4 Å². The average molecular weight is 361 g/mol. The van der Waals surface area contributed by atoms with Crippen molar-refractivity contribution in [1.29, 1.82) is 0 Å². The van der Waals surface area contributed by atoms with Gasteiger partial charge in [0.25, 0.3) is 0 Å². The van der Waals surface area contributed by atoms with Gasteiger partial charge in [-0.2, -0.15) is 0 Å². The van der Waals surface area contributed by atoms with E-state index in [4.69, 9.17) is 0 Å². The van der Waals surface area contributed by atoms with E-state index in [0.717, 1.165) is 25.7 Å². The molecule has 4 atom stereocenters. The molecule has 3 rings (SSSR count). The van der Waals surface area contributed by atoms with E-state index < -0.39 is 5.60 Å². The molecule has 3 heteroatoms. The van der Waals surface area contributed by atoms with Crippen molar-refractivity contribution in [2.24, 2.45) is 17.3 Å². The lowest BCUT2D eigenvalue weighted by Gasteiger charge is -2.56. The molecule has 26 heavy (non-hydrogen) atoms. The molecule has 146 valence electrons. The molecule has 1 saturated carbocycles. The van der Waals surface area contributed by atoms with E-state index in [0.29, 0.717) is 36.3 Å². The standard InChI is InChI=1S/C23H36O3/c1-16(2)5-6-18-14-23(26,10-4-12-24)15-21-20-8-7-19(25)13-17(20)9-11-22(18,21)3/h7-8,13,16,18,21,24-26H,4-6,9-12,14-15H2,1-3H3. The zero-order valence-electron chi connectivity index (χ0n) is 16.7. The normalized spacial score (nSPS) is 33.8. The van der Waals surface area contributed by atoms with Crippen LogP contribution in [0.5, 0.6) is 5.75 Å². The summed E-state index contributed by atoms with van der Waals surface area (Å²) in [6.07, 6.45) is 7.50. The Bertz CT molecular complexity index is 626. The van der Waals surface area contributed by atoms with Crippen molar-refractivity contribution in [3.8, 4) is 5.75 Å². The molecular formula is C23H36O3. The summed E-state index contributed by atoms with van der Waals surface area (Å²) in [6, 6.07) is 5.80. The van der Waals surface area contributed by atoms with Crippen LogP contribution in [0, 0.1) is 17.3 Å². The Morgan fingerprint density at radius 2 is 2.00 bits per heavy atom. The highest BCUT2D eigenvalue weighted by atomic mass is 16.3. The quantitative estimate of drug-likeness (QED) is 0.684. The molecule has 0 aromatic heterocycles. The molecule has 1 aromatic rings. The monoisotopic (exact) mass is 360 g/mol. The summed E-state index contributed by atoms with van der Waals surface area (Å²) < 4.78 is 0. The fourth-order valence-electron chi connectivity index (χ4n) is 5.65. The number of benzene rings is 1. The maximum absolute atomic E-state index is 11.4. The second-order valence-corrected chi connectivity index (χ2v) is 9.57. The van der Waals surface area contributed by atoms with Crippen molar-refractivity contribution in [2.75, 3.05) is 6.61 Å². The van der Waals surface area contributed by atoms with Gasteiger partial charge in [0.15, 0.2) is 0 Å². The summed E-state index contributed by atoms with van der Waals surface area (Å²) in [6.45, 7) is 7.13. The third-order valence-electron chi connectivity index (χ3n) is 7.27. The zero-order valence-corrected chi connectivity index (χ0v) is 16.7. The number of hydrogen-bond acceptors (Lipinski definition) is 3. The van der Waals surface area contributed by atoms with Gasteiger partial charge in [0.05, 0.1) is 5.60 Å². The van der Waals surface area contributed by atoms with E-state index in [2.05, 4.69) is 26.8 Å². The molecule has 1 aromatic carbocycles. The second-order valence-electron chi connectivity index (χ2n) is 9.57. The molecule has 0 radical (unpaired) electrons. The third-order valence-corrected chi connectivity index (χ3v) is 7.27. The molecule has 0 saturated heterocycles. The second kappa shape index (κ2) is 7.52. The molecule has 1 fully saturated rings. The van der Waals surface area contributed by atoms with Gasteiger partial charge in [-0.15, -0.1) is 0 Å². The number of fused-ring (bicyclic) bond motifs is 3. The van der Waals surface area contributed by atoms with Crippen molar-refractivity contribution < 1.29 is 15.3 Å². The van der Waals surface area contributed by atoms with Crippen molar-refractivity contribution in [2.45, 2.75) is 83.7 Å². The number of aromatic hydroxyl groups is 1. The van der Waals surface area contributed by atoms with E-state index in [1.807, 2.05) is 6.07 Å². The smallest absolute Gasteiger partial charge is 0.115 e. The molecule has 3 N–H and O–H groups in total. The Balaban J connectivity index is 1.95. The van der Waals surface area contributed by atoms with Crippen LogP contribution in [0.15, 0.2) is 18.2 Å². The number of aliphatic hydroxyl groups is 2. The summed E-state index contributed by atoms with van der Waals surface area (Å²) in [5.41, 5.74) is 2.11. The molecule has 0 amide bonds. The Morgan fingerprint density at radius 1 is 1.23 bits per heavy atom. The first-order valence-electron chi connectivity index (χ1n) is 10.4. The molecule has 0 spiro atoms. The number of phenolic OH excluding ortho intramolecular Hbond substituents is 1. The summed E-state index contributed by atoms with van der Waals surface area (Å²) >= 11 is 0. The largest absolute Gasteiger partial charge is 0.508 e. The predicted molar refractivity (Wildman–Crippen MR) is 105 cm³/mol. The first-order chi connectivity index (χ1) is 12.3. The van der Waals surface area contributed by atoms with E-state index in [9.17, 15) is 15.3 Å². The number of hydrogen-bond donors (Lipinski definition) is 3. The molecule has 0 heterocycles. The van der Waals surface area contributed by atoms with Gasteiger partial charge in [-0.25, -0.2) is 0 Å². The Hall–Kier alpha value is -1.06. The molecule has 0 bridgehead atoms. The highest BCUT2D eigenvalue weighted by Gasteiger charge is 2.53. The minimum absolute atomic E-state index is 0.144. The highest BCUT2D eigenvalue weighted by molar-refractivity contribution is 5.41. The first kappa shape index (κ1) is 19.7. The van der Waals surface area contributed by atoms with E-state index in [1.165, 1.54) is 24.0 Å². The summed E-state index contributed by atoms with van der Waals surface area (Å²) in [4.78, 5) is 0. The van der Waals surface area contributed by atoms with Crippen LogP contribution < -0.4 is 0 Å². The van der Waals surface area contributed by atoms with E-state index in [1.54, 1.807) is 6.07 Å². The van der Waals surface area contributed by atoms with Gasteiger partial charge >= 0.3 is 0 Å². The Morgan fingerprint density at radius 3 is 2.69 bits per heavy atom. The van der Waals surface area contributed by atoms with Crippen LogP contribution in [0.3, 0.4) is 0 Å². The fraction of sp³-hybridized carbons (Fsp3) is 0.739. The van der Waals surface area contributed by atoms with E-state index in [-0.39, 0.29) is 12.0 Å². The summed E-state index contributed by atoms with van der Waals surface area (Å²) in [7, 11) is 0. The summed E-state index contributed by atoms with van der Waals surface area (Å²) in [5, 5.41) is 30.6. The zero-order chi connectivity index (χ0) is 18.9. The SMILES string of the molecule is CC(C)CCC1CC(O)(CCCO)CC2c3ccc(O)cc3CCC12C. The fourth-order valence-corrected chi connectivity index (χ4v) is 5.65. The maximum atomic E-state index is 11.4. The van der Waals surface area contributed by atoms with Crippen LogP contribution in [0.25, 0.3) is 0 Å². The Kier molecular flexibility index (Phi) is 5.69. The topological polar surface area (TPSA) is 60.7 Å². The van der Waals surface area contributed by atoms with Crippen LogP contribution in [-0.4, -0.2) is 27.5 Å². The molecule has 2 aliphatic carbocycles. The molecular weight excluding hydrogens is 324 g/mol. The van der Waals surface area contributed by atoms with Gasteiger partial charge in [-0.3, -0.25) is 0 Å². The van der Waals surface area contributed by atoms with Crippen molar-refractivity contribution in [3.63, 3.8) is 0 Å². The van der Waals surface area contributed by atoms with Crippen molar-refractivity contribution in [3.05, 3.63) is 29.3 Å². The lowest BCUT2D eigenvalue weighted by Crippen LogP contribution is -2.50. The predicted octanol–water partition coefficient (Wildman–Crippen LogP) is 4.78. The highest BCUT2D eigenvalue weighted by Crippen LogP contribution is 2.60. The number of phenols is 1. The number of aliphatic hydroxyl groups excluding tert-OH is 1. The van der Waals surface area contributed by atoms with Gasteiger partial charge in [0.2, 0.25) is 0 Å². The first-order valence-corrected chi connectivity index (χ1v) is 10.4. The molecule has 3 nitrogen and oxygen atoms in total. The number of rotatable bonds is 6. The molecule has 4 unspecified atom stereocenters. The van der Waals surface area contributed by atoms with Gasteiger partial charge in [0, 0.05) is 6.61 Å². The van der Waals surface area contributed by atoms with Gasteiger partial charge < -0.3 is 15.3 Å². The molecule has 2 aliphatic rings. The minimum Gasteiger partial charge on any atom is -0.508 e. The lowest BCUT2D eigenvalue weighted by atomic mass is 9.50. The maximum Gasteiger partial charge on any atom is 0.115 e. The van der Waals surface area contributed by atoms with Crippen molar-refractivity contribution in [1.82, 2.24) is 0 Å². The van der Waals surface area contributed by atoms with E-state index >= 15 is 0 Å². The summed E-state index contributed by atoms with van der Waals surface area (Å²) in [5.74, 6) is 1.86. The van der Waals surface area contributed by atoms with Crippen LogP contribution in [0.1, 0.15) is 82.8 Å². The minimum atomic E-state index is -0.680. The number of aryl methyl sites for hydroxylation is 1. The van der Waals surface area contributed by atoms with Crippen LogP contribution >= 0.6 is 0 Å². The van der Waals surface area contributed by atoms with Crippen LogP contribution in [0.2, 0.25) is 0 Å². The third kappa shape index (κ3) is 3.80. The lowest BCUT2D eigenvalue weighted by molar-refractivity contribution is -0.0936. The van der Waals surface area contributed by atoms with Gasteiger partial charge in [0.1, 0.15) is 5.75 Å². The average Bonchev–Trinajstić information content (AvgIpc) is 2.59. The van der Waals surface area contributed by atoms with Gasteiger partial charge in [-0.1, -0.05) is 33.3 Å².